The number of anilines is 2. The molecule has 7 aliphatic rings. The number of nitrogens with zero attached hydrogens (tertiary/aromatic N) is 6. The van der Waals surface area contributed by atoms with Gasteiger partial charge in [0.2, 0.25) is 12.2 Å². The van der Waals surface area contributed by atoms with Gasteiger partial charge in [-0.3, -0.25) is 34.1 Å². The zero-order chi connectivity index (χ0) is 70.8. The highest BCUT2D eigenvalue weighted by molar-refractivity contribution is 7.22. The van der Waals surface area contributed by atoms with Gasteiger partial charge in [0.1, 0.15) is 61.1 Å². The van der Waals surface area contributed by atoms with Crippen molar-refractivity contribution in [1.29, 1.82) is 0 Å². The Morgan fingerprint density at radius 1 is 0.820 bits per heavy atom. The van der Waals surface area contributed by atoms with Crippen molar-refractivity contribution in [2.45, 2.75) is 134 Å². The number of aliphatic carboxylic acids is 1. The van der Waals surface area contributed by atoms with Gasteiger partial charge >= 0.3 is 18.0 Å². The minimum absolute atomic E-state index is 0.0167. The van der Waals surface area contributed by atoms with Crippen LogP contribution in [0, 0.1) is 23.2 Å². The average molecular weight is 1400 g/mol. The summed E-state index contributed by atoms with van der Waals surface area (Å²) in [6.07, 6.45) is 0.0107. The molecule has 3 aliphatic heterocycles. The third kappa shape index (κ3) is 15.3. The Hall–Kier alpha value is -9.14. The van der Waals surface area contributed by atoms with Crippen LogP contribution in [-0.4, -0.2) is 201 Å². The van der Waals surface area contributed by atoms with Gasteiger partial charge in [0.25, 0.3) is 17.7 Å². The van der Waals surface area contributed by atoms with E-state index in [1.807, 2.05) is 46.8 Å². The second kappa shape index (κ2) is 29.2. The summed E-state index contributed by atoms with van der Waals surface area (Å²) >= 11 is 1.39. The number of carboxylic acids is 2. The molecule has 13 rings (SSSR count). The molecule has 532 valence electrons. The Morgan fingerprint density at radius 2 is 1.59 bits per heavy atom. The van der Waals surface area contributed by atoms with E-state index in [4.69, 9.17) is 48.0 Å². The van der Waals surface area contributed by atoms with E-state index < -0.39 is 84.6 Å². The molecule has 6 heterocycles. The number of aromatic carboxylic acids is 1. The normalized spacial score (nSPS) is 25.4. The molecule has 4 bridgehead atoms. The van der Waals surface area contributed by atoms with Crippen LogP contribution in [0.15, 0.2) is 85.1 Å². The number of carbonyl (C=O) groups excluding carboxylic acids is 5. The van der Waals surface area contributed by atoms with Crippen molar-refractivity contribution in [3.63, 3.8) is 0 Å². The monoisotopic (exact) mass is 1400 g/mol. The molecule has 4 aliphatic carbocycles. The summed E-state index contributed by atoms with van der Waals surface area (Å²) in [5.74, 6) is -3.66. The Kier molecular flexibility index (Phi) is 20.7. The zero-order valence-electron chi connectivity index (χ0n) is 55.9. The largest absolute Gasteiger partial charge is 0.496 e. The molecule has 3 unspecified atom stereocenters. The number of hydrogen-bond donors (Lipinski definition) is 8. The van der Waals surface area contributed by atoms with Gasteiger partial charge in [-0.05, 0) is 129 Å². The maximum Gasteiger partial charge on any atom is 0.407 e. The molecule has 0 spiro atoms. The van der Waals surface area contributed by atoms with E-state index in [0.717, 1.165) is 82.6 Å². The van der Waals surface area contributed by atoms with Crippen LogP contribution in [0.2, 0.25) is 0 Å². The van der Waals surface area contributed by atoms with Crippen molar-refractivity contribution in [2.24, 2.45) is 16.2 Å². The highest BCUT2D eigenvalue weighted by Gasteiger charge is 2.66. The van der Waals surface area contributed by atoms with Gasteiger partial charge < -0.3 is 79.0 Å². The predicted octanol–water partition coefficient (Wildman–Crippen LogP) is 5.56. The Bertz CT molecular complexity index is 4090. The number of hydrogen-bond acceptors (Lipinski definition) is 23. The van der Waals surface area contributed by atoms with E-state index in [2.05, 4.69) is 34.8 Å². The Labute approximate surface area is 578 Å². The molecule has 1 saturated heterocycles. The number of rotatable bonds is 29. The van der Waals surface area contributed by atoms with Gasteiger partial charge in [-0.15, -0.1) is 0 Å². The number of aromatic nitrogens is 4. The number of para-hydroxylation sites is 1. The number of aliphatic hydroxyl groups is 3. The minimum atomic E-state index is -1.95. The Balaban J connectivity index is 0.675. The third-order valence-electron chi connectivity index (χ3n) is 19.6. The molecule has 8 N–H and O–H groups in total. The molecule has 3 aromatic carbocycles. The highest BCUT2D eigenvalue weighted by atomic mass is 32.1. The highest BCUT2D eigenvalue weighted by Crippen LogP contribution is 2.72. The standard InChI is InChI=1S/C70H81N9O20S/c1-39-46(44-13-15-52(75-56(44)62(87)88)77-21-18-43-47(28-77)45(12-14-49(43)93-5)61(86)76-65-74-48-8-6-7-9-51(48)100-65)27-72-79(39)38-69-33-67(2)32-68(3,34-69)36-70(35-67,37-69)97-22-19-41(31-92-4)73-66(91)96-30-40-10-11-42(98-64-59(85)57(83)58(84)60(99-64)63(89)90)26-50(40)95-25-24-94-23-20-71-53(80)29-78-54(81)16-17-55(78)82/h6-17,26-27,41,57-60,64,83-85H,18-25,28-38H2,1-5H3,(H,71,80)(H,73,91)(H,87,88)(H,89,90)(H,74,76,86)/t41?,57-,58-,59+,60-,64+,67?,68?,69?,70?/m0/s1. The summed E-state index contributed by atoms with van der Waals surface area (Å²) < 4.78 is 49.8. The number of benzene rings is 3. The smallest absolute Gasteiger partial charge is 0.407 e. The lowest BCUT2D eigenvalue weighted by atomic mass is 9.39. The average Bonchev–Trinajstić information content (AvgIpc) is 0.742. The van der Waals surface area contributed by atoms with E-state index in [1.165, 1.54) is 36.6 Å². The zero-order valence-corrected chi connectivity index (χ0v) is 56.7. The number of alkyl carbamates (subject to hydrolysis) is 1. The number of amides is 5. The molecule has 29 nitrogen and oxygen atoms in total. The van der Waals surface area contributed by atoms with Crippen LogP contribution in [0.5, 0.6) is 17.2 Å². The number of ether oxygens (including phenoxy) is 8. The van der Waals surface area contributed by atoms with E-state index in [9.17, 15) is 59.1 Å². The van der Waals surface area contributed by atoms with Gasteiger partial charge in [0, 0.05) is 91.6 Å². The number of imide groups is 1. The summed E-state index contributed by atoms with van der Waals surface area (Å²) in [5, 5.41) is 65.6. The molecule has 5 fully saturated rings. The SMILES string of the molecule is COCC(CCOC12CC3(C)CC(C)(CC(Cn4ncc(-c5ccc(N6CCc7c(OC)ccc(C(=O)Nc8nc9ccccc9s8)c7C6)nc5C(=O)O)c4C)(C3)C1)C2)NC(=O)OCc1ccc(O[C@@H]2O[C@H](C(=O)O)[C@@H](O)[C@H](O)[C@H]2O)cc1OCCOCCNC(=O)CN1C(=O)C=CC1=O. The molecule has 0 radical (unpaired) electrons. The molecule has 100 heavy (non-hydrogen) atoms. The number of nitrogens with one attached hydrogen (secondary N) is 3. The number of methoxy groups -OCH3 is 2. The van der Waals surface area contributed by atoms with Gasteiger partial charge in [-0.1, -0.05) is 37.3 Å². The fraction of sp³-hybridized carbons (Fsp3) is 0.486. The number of aliphatic hydroxyl groups excluding tert-OH is 3. The molecule has 6 aromatic rings. The third-order valence-corrected chi connectivity index (χ3v) is 20.5. The maximum atomic E-state index is 14.0. The van der Waals surface area contributed by atoms with E-state index in [-0.39, 0.29) is 92.1 Å². The van der Waals surface area contributed by atoms with Gasteiger partial charge in [-0.25, -0.2) is 24.4 Å². The van der Waals surface area contributed by atoms with Crippen LogP contribution in [0.25, 0.3) is 21.3 Å². The summed E-state index contributed by atoms with van der Waals surface area (Å²) in [6.45, 7) is 7.61. The number of thiazole rings is 1. The molecule has 5 amide bonds. The lowest BCUT2D eigenvalue weighted by molar-refractivity contribution is -0.271. The van der Waals surface area contributed by atoms with Crippen molar-refractivity contribution in [1.82, 2.24) is 35.3 Å². The molecule has 8 atom stereocenters. The molecule has 30 heteroatoms. The summed E-state index contributed by atoms with van der Waals surface area (Å²) in [6, 6.07) is 18.5. The fourth-order valence-corrected chi connectivity index (χ4v) is 17.2. The topological polar surface area (TPSA) is 381 Å². The lowest BCUT2D eigenvalue weighted by Crippen LogP contribution is -2.64. The maximum absolute atomic E-state index is 14.0. The van der Waals surface area contributed by atoms with E-state index in [1.54, 1.807) is 31.5 Å². The van der Waals surface area contributed by atoms with Crippen molar-refractivity contribution < 1.29 is 97.0 Å². The van der Waals surface area contributed by atoms with Crippen molar-refractivity contribution >= 4 is 74.2 Å². The predicted molar refractivity (Wildman–Crippen MR) is 358 cm³/mol. The number of carboxylic acid groups (broad SMARTS) is 2. The number of fused-ring (bicyclic) bond motifs is 2. The number of pyridine rings is 1. The van der Waals surface area contributed by atoms with Crippen molar-refractivity contribution in [3.05, 3.63) is 119 Å². The first kappa shape index (κ1) is 70.7. The first-order valence-corrected chi connectivity index (χ1v) is 33.8. The van der Waals surface area contributed by atoms with Gasteiger partial charge in [-0.2, -0.15) is 5.10 Å². The summed E-state index contributed by atoms with van der Waals surface area (Å²) in [7, 11) is 3.12. The second-order valence-electron chi connectivity index (χ2n) is 27.5. The quantitative estimate of drug-likeness (QED) is 0.0210. The summed E-state index contributed by atoms with van der Waals surface area (Å²) in [5.41, 5.74) is 4.23. The van der Waals surface area contributed by atoms with Gasteiger partial charge in [0.05, 0.1) is 55.0 Å². The second-order valence-corrected chi connectivity index (χ2v) is 28.5. The van der Waals surface area contributed by atoms with Crippen molar-refractivity contribution in [3.8, 4) is 28.4 Å². The van der Waals surface area contributed by atoms with Crippen LogP contribution < -0.4 is 35.1 Å². The van der Waals surface area contributed by atoms with Crippen LogP contribution >= 0.6 is 11.3 Å². The Morgan fingerprint density at radius 3 is 2.32 bits per heavy atom. The van der Waals surface area contributed by atoms with E-state index in [0.29, 0.717) is 64.9 Å². The lowest BCUT2D eigenvalue weighted by Gasteiger charge is -2.69. The summed E-state index contributed by atoms with van der Waals surface area (Å²) in [4.78, 5) is 101. The van der Waals surface area contributed by atoms with Crippen LogP contribution in [0.1, 0.15) is 102 Å². The van der Waals surface area contributed by atoms with Crippen LogP contribution in [-0.2, 0) is 69.0 Å². The van der Waals surface area contributed by atoms with Crippen LogP contribution in [0.4, 0.5) is 15.7 Å². The first-order chi connectivity index (χ1) is 47.8. The molecular weight excluding hydrogens is 1320 g/mol. The molecule has 3 aromatic heterocycles. The van der Waals surface area contributed by atoms with Gasteiger partial charge in [0.15, 0.2) is 16.9 Å². The minimum Gasteiger partial charge on any atom is -0.496 e. The molecular formula is C70H81N9O20S. The van der Waals surface area contributed by atoms with E-state index >= 15 is 0 Å². The molecule has 4 saturated carbocycles. The first-order valence-electron chi connectivity index (χ1n) is 33.0. The fourth-order valence-electron chi connectivity index (χ4n) is 16.4. The van der Waals surface area contributed by atoms with Crippen molar-refractivity contribution in [2.75, 3.05) is 77.1 Å². The van der Waals surface area contributed by atoms with Crippen LogP contribution in [0.3, 0.4) is 0 Å². The number of carbonyl (C=O) groups is 7.